The zero-order valence-corrected chi connectivity index (χ0v) is 17.3. The highest BCUT2D eigenvalue weighted by Crippen LogP contribution is 2.20. The Balaban J connectivity index is 1.61. The maximum absolute atomic E-state index is 13.5. The van der Waals surface area contributed by atoms with E-state index >= 15 is 0 Å². The lowest BCUT2D eigenvalue weighted by Crippen LogP contribution is -2.47. The third-order valence-electron chi connectivity index (χ3n) is 4.96. The Morgan fingerprint density at radius 3 is 2.72 bits per heavy atom. The molecule has 2 aromatic rings. The zero-order valence-electron chi connectivity index (χ0n) is 16.5. The van der Waals surface area contributed by atoms with Crippen molar-refractivity contribution in [3.8, 4) is 5.75 Å². The first-order chi connectivity index (χ1) is 13.9. The van der Waals surface area contributed by atoms with Crippen LogP contribution >= 0.6 is 0 Å². The second-order valence-corrected chi connectivity index (χ2v) is 9.00. The van der Waals surface area contributed by atoms with Crippen molar-refractivity contribution in [2.45, 2.75) is 37.2 Å². The molecule has 0 aliphatic carbocycles. The SMILES string of the molecule is Cc1ccc(F)cc1S(=O)(=O)N[C@@H]1CCCN(Cc2ccc(OCCO)cc2)C1. The van der Waals surface area contributed by atoms with Gasteiger partial charge in [-0.1, -0.05) is 18.2 Å². The van der Waals surface area contributed by atoms with Crippen LogP contribution in [0, 0.1) is 12.7 Å². The van der Waals surface area contributed by atoms with Crippen LogP contribution in [0.15, 0.2) is 47.4 Å². The second-order valence-electron chi connectivity index (χ2n) is 7.32. The Hall–Kier alpha value is -2.00. The standard InChI is InChI=1S/C21H27FN2O4S/c1-16-4-7-18(22)13-21(16)29(26,27)23-19-3-2-10-24(15-19)14-17-5-8-20(9-6-17)28-12-11-25/h4-9,13,19,23,25H,2-3,10-12,14-15H2,1H3/t19-/m1/s1. The third-order valence-corrected chi connectivity index (χ3v) is 6.62. The predicted molar refractivity (Wildman–Crippen MR) is 109 cm³/mol. The van der Waals surface area contributed by atoms with Crippen LogP contribution in [0.25, 0.3) is 0 Å². The Bertz CT molecular complexity index is 919. The maximum Gasteiger partial charge on any atom is 0.241 e. The Morgan fingerprint density at radius 2 is 2.00 bits per heavy atom. The van der Waals surface area contributed by atoms with Gasteiger partial charge in [-0.3, -0.25) is 4.90 Å². The molecule has 1 heterocycles. The lowest BCUT2D eigenvalue weighted by Gasteiger charge is -2.33. The molecular formula is C21H27FN2O4S. The number of nitrogens with one attached hydrogen (secondary N) is 1. The minimum absolute atomic E-state index is 0.00640. The van der Waals surface area contributed by atoms with Gasteiger partial charge in [0.1, 0.15) is 18.2 Å². The molecule has 8 heteroatoms. The van der Waals surface area contributed by atoms with E-state index in [0.717, 1.165) is 31.0 Å². The molecule has 0 bridgehead atoms. The van der Waals surface area contributed by atoms with Crippen LogP contribution in [-0.4, -0.2) is 50.8 Å². The molecule has 29 heavy (non-hydrogen) atoms. The molecule has 158 valence electrons. The van der Waals surface area contributed by atoms with E-state index in [1.54, 1.807) is 6.92 Å². The summed E-state index contributed by atoms with van der Waals surface area (Å²) in [5.41, 5.74) is 1.63. The summed E-state index contributed by atoms with van der Waals surface area (Å²) in [7, 11) is -3.78. The first-order valence-electron chi connectivity index (χ1n) is 9.71. The van der Waals surface area contributed by atoms with Gasteiger partial charge in [0.15, 0.2) is 0 Å². The molecule has 1 saturated heterocycles. The van der Waals surface area contributed by atoms with Gasteiger partial charge in [-0.15, -0.1) is 0 Å². The molecule has 0 amide bonds. The van der Waals surface area contributed by atoms with Crippen molar-refractivity contribution >= 4 is 10.0 Å². The van der Waals surface area contributed by atoms with E-state index in [4.69, 9.17) is 9.84 Å². The third kappa shape index (κ3) is 5.99. The molecule has 3 rings (SSSR count). The number of aliphatic hydroxyl groups excluding tert-OH is 1. The van der Waals surface area contributed by atoms with Crippen molar-refractivity contribution < 1.29 is 22.7 Å². The molecule has 0 saturated carbocycles. The number of aryl methyl sites for hydroxylation is 1. The van der Waals surface area contributed by atoms with Gasteiger partial charge in [0.25, 0.3) is 0 Å². The Kier molecular flexibility index (Phi) is 7.23. The number of sulfonamides is 1. The lowest BCUT2D eigenvalue weighted by atomic mass is 10.1. The quantitative estimate of drug-likeness (QED) is 0.683. The first-order valence-corrected chi connectivity index (χ1v) is 11.2. The van der Waals surface area contributed by atoms with Crippen molar-refractivity contribution in [1.82, 2.24) is 9.62 Å². The van der Waals surface area contributed by atoms with E-state index in [-0.39, 0.29) is 24.2 Å². The Labute approximate surface area is 171 Å². The van der Waals surface area contributed by atoms with Gasteiger partial charge >= 0.3 is 0 Å². The van der Waals surface area contributed by atoms with Gasteiger partial charge < -0.3 is 9.84 Å². The van der Waals surface area contributed by atoms with E-state index < -0.39 is 15.8 Å². The topological polar surface area (TPSA) is 78.9 Å². The predicted octanol–water partition coefficient (Wildman–Crippen LogP) is 2.45. The van der Waals surface area contributed by atoms with Crippen LogP contribution < -0.4 is 9.46 Å². The van der Waals surface area contributed by atoms with Crippen molar-refractivity contribution in [2.75, 3.05) is 26.3 Å². The summed E-state index contributed by atoms with van der Waals surface area (Å²) in [4.78, 5) is 2.20. The summed E-state index contributed by atoms with van der Waals surface area (Å²) in [5.74, 6) is 0.144. The maximum atomic E-state index is 13.5. The minimum Gasteiger partial charge on any atom is -0.491 e. The van der Waals surface area contributed by atoms with E-state index in [1.807, 2.05) is 24.3 Å². The zero-order chi connectivity index (χ0) is 20.9. The molecule has 0 spiro atoms. The number of rotatable bonds is 8. The van der Waals surface area contributed by atoms with E-state index in [9.17, 15) is 12.8 Å². The monoisotopic (exact) mass is 422 g/mol. The number of hydrogen-bond acceptors (Lipinski definition) is 5. The number of nitrogens with zero attached hydrogens (tertiary/aromatic N) is 1. The number of halogens is 1. The molecule has 6 nitrogen and oxygen atoms in total. The molecule has 0 unspecified atom stereocenters. The van der Waals surface area contributed by atoms with E-state index in [0.29, 0.717) is 24.4 Å². The van der Waals surface area contributed by atoms with Gasteiger partial charge in [-0.05, 0) is 61.7 Å². The summed E-state index contributed by atoms with van der Waals surface area (Å²) < 4.78 is 47.1. The highest BCUT2D eigenvalue weighted by Gasteiger charge is 2.26. The molecule has 1 aliphatic rings. The molecule has 2 aromatic carbocycles. The average Bonchev–Trinajstić information content (AvgIpc) is 2.69. The summed E-state index contributed by atoms with van der Waals surface area (Å²) in [6, 6.07) is 11.3. The molecule has 0 radical (unpaired) electrons. The number of aliphatic hydroxyl groups is 1. The molecule has 1 fully saturated rings. The highest BCUT2D eigenvalue weighted by atomic mass is 32.2. The molecule has 0 aromatic heterocycles. The average molecular weight is 423 g/mol. The fraction of sp³-hybridized carbons (Fsp3) is 0.429. The number of piperidine rings is 1. The molecule has 1 atom stereocenters. The minimum atomic E-state index is -3.78. The van der Waals surface area contributed by atoms with Crippen molar-refractivity contribution in [2.24, 2.45) is 0 Å². The van der Waals surface area contributed by atoms with E-state index in [1.165, 1.54) is 12.1 Å². The van der Waals surface area contributed by atoms with Gasteiger partial charge in [-0.25, -0.2) is 17.5 Å². The van der Waals surface area contributed by atoms with Gasteiger partial charge in [0, 0.05) is 19.1 Å². The number of likely N-dealkylation sites (tertiary alicyclic amines) is 1. The smallest absolute Gasteiger partial charge is 0.241 e. The summed E-state index contributed by atoms with van der Waals surface area (Å²) in [6.45, 7) is 4.09. The van der Waals surface area contributed by atoms with Gasteiger partial charge in [0.2, 0.25) is 10.0 Å². The molecule has 2 N–H and O–H groups in total. The van der Waals surface area contributed by atoms with Crippen LogP contribution in [0.3, 0.4) is 0 Å². The summed E-state index contributed by atoms with van der Waals surface area (Å²) >= 11 is 0. The van der Waals surface area contributed by atoms with Crippen LogP contribution in [-0.2, 0) is 16.6 Å². The van der Waals surface area contributed by atoms with Crippen LogP contribution in [0.1, 0.15) is 24.0 Å². The van der Waals surface area contributed by atoms with E-state index in [2.05, 4.69) is 9.62 Å². The fourth-order valence-corrected chi connectivity index (χ4v) is 5.07. The lowest BCUT2D eigenvalue weighted by molar-refractivity contribution is 0.194. The van der Waals surface area contributed by atoms with Crippen molar-refractivity contribution in [1.29, 1.82) is 0 Å². The molecular weight excluding hydrogens is 395 g/mol. The Morgan fingerprint density at radius 1 is 1.24 bits per heavy atom. The van der Waals surface area contributed by atoms with Crippen LogP contribution in [0.4, 0.5) is 4.39 Å². The number of hydrogen-bond donors (Lipinski definition) is 2. The number of benzene rings is 2. The summed E-state index contributed by atoms with van der Waals surface area (Å²) in [6.07, 6.45) is 1.63. The van der Waals surface area contributed by atoms with Crippen molar-refractivity contribution in [3.63, 3.8) is 0 Å². The summed E-state index contributed by atoms with van der Waals surface area (Å²) in [5, 5.41) is 8.81. The fourth-order valence-electron chi connectivity index (χ4n) is 3.55. The molecule has 1 aliphatic heterocycles. The normalized spacial score (nSPS) is 18.0. The van der Waals surface area contributed by atoms with Gasteiger partial charge in [-0.2, -0.15) is 0 Å². The highest BCUT2D eigenvalue weighted by molar-refractivity contribution is 7.89. The first kappa shape index (κ1) is 21.7. The number of ether oxygens (including phenoxy) is 1. The second kappa shape index (κ2) is 9.67. The van der Waals surface area contributed by atoms with Crippen LogP contribution in [0.2, 0.25) is 0 Å². The van der Waals surface area contributed by atoms with Crippen molar-refractivity contribution in [3.05, 3.63) is 59.4 Å². The van der Waals surface area contributed by atoms with Gasteiger partial charge in [0.05, 0.1) is 11.5 Å². The van der Waals surface area contributed by atoms with Crippen LogP contribution in [0.5, 0.6) is 5.75 Å². The largest absolute Gasteiger partial charge is 0.491 e.